The minimum atomic E-state index is 1.17. The van der Waals surface area contributed by atoms with Gasteiger partial charge in [0.25, 0.3) is 0 Å². The molecular weight excluding hydrogens is 170 g/mol. The molecule has 2 rings (SSSR count). The van der Waals surface area contributed by atoms with Crippen LogP contribution in [0.1, 0.15) is 30.0 Å². The Morgan fingerprint density at radius 2 is 2.00 bits per heavy atom. The number of aryl methyl sites for hydroxylation is 3. The first-order chi connectivity index (χ1) is 6.72. The molecule has 2 aromatic rings. The number of hydrogen-bond acceptors (Lipinski definition) is 0. The van der Waals surface area contributed by atoms with Crippen LogP contribution in [0.15, 0.2) is 18.3 Å². The topological polar surface area (TPSA) is 15.8 Å². The first-order valence-corrected chi connectivity index (χ1v) is 5.29. The Bertz CT molecular complexity index is 451. The summed E-state index contributed by atoms with van der Waals surface area (Å²) in [7, 11) is 0. The summed E-state index contributed by atoms with van der Waals surface area (Å²) in [5.74, 6) is 0. The molecule has 14 heavy (non-hydrogen) atoms. The molecular formula is C13H17N. The van der Waals surface area contributed by atoms with E-state index in [2.05, 4.69) is 44.1 Å². The van der Waals surface area contributed by atoms with Gasteiger partial charge in [-0.2, -0.15) is 0 Å². The number of benzene rings is 1. The van der Waals surface area contributed by atoms with Crippen LogP contribution in [0.25, 0.3) is 10.9 Å². The highest BCUT2D eigenvalue weighted by Gasteiger charge is 2.05. The van der Waals surface area contributed by atoms with Crippen LogP contribution in [0, 0.1) is 13.8 Å². The molecule has 0 radical (unpaired) electrons. The minimum absolute atomic E-state index is 1.17. The number of aromatic amines is 1. The van der Waals surface area contributed by atoms with E-state index in [0.29, 0.717) is 0 Å². The van der Waals surface area contributed by atoms with Crippen LogP contribution >= 0.6 is 0 Å². The Balaban J connectivity index is 2.66. The molecule has 0 fully saturated rings. The molecule has 0 aliphatic heterocycles. The largest absolute Gasteiger partial charge is 0.361 e. The highest BCUT2D eigenvalue weighted by atomic mass is 14.7. The Labute approximate surface area is 85.1 Å². The van der Waals surface area contributed by atoms with Gasteiger partial charge in [-0.1, -0.05) is 25.0 Å². The zero-order valence-corrected chi connectivity index (χ0v) is 9.15. The highest BCUT2D eigenvalue weighted by Crippen LogP contribution is 2.23. The molecule has 1 nitrogen and oxygen atoms in total. The predicted molar refractivity (Wildman–Crippen MR) is 61.8 cm³/mol. The summed E-state index contributed by atoms with van der Waals surface area (Å²) in [5.41, 5.74) is 5.46. The van der Waals surface area contributed by atoms with Crippen molar-refractivity contribution in [1.82, 2.24) is 4.98 Å². The first-order valence-electron chi connectivity index (χ1n) is 5.29. The van der Waals surface area contributed by atoms with Gasteiger partial charge in [0.1, 0.15) is 0 Å². The maximum atomic E-state index is 3.37. The Morgan fingerprint density at radius 1 is 1.21 bits per heavy atom. The molecule has 0 unspecified atom stereocenters. The molecule has 0 amide bonds. The van der Waals surface area contributed by atoms with Gasteiger partial charge in [0, 0.05) is 17.1 Å². The van der Waals surface area contributed by atoms with Crippen molar-refractivity contribution in [2.45, 2.75) is 33.6 Å². The minimum Gasteiger partial charge on any atom is -0.361 e. The number of aromatic nitrogens is 1. The number of rotatable bonds is 2. The van der Waals surface area contributed by atoms with Crippen LogP contribution in [-0.2, 0) is 6.42 Å². The average molecular weight is 187 g/mol. The van der Waals surface area contributed by atoms with Crippen LogP contribution in [0.5, 0.6) is 0 Å². The van der Waals surface area contributed by atoms with Crippen molar-refractivity contribution in [2.75, 3.05) is 0 Å². The van der Waals surface area contributed by atoms with Crippen molar-refractivity contribution in [3.8, 4) is 0 Å². The molecule has 0 aliphatic carbocycles. The van der Waals surface area contributed by atoms with E-state index in [1.54, 1.807) is 0 Å². The van der Waals surface area contributed by atoms with Gasteiger partial charge in [-0.15, -0.1) is 0 Å². The summed E-state index contributed by atoms with van der Waals surface area (Å²) in [6, 6.07) is 4.51. The number of H-pyrrole nitrogens is 1. The molecule has 1 N–H and O–H groups in total. The fraction of sp³-hybridized carbons (Fsp3) is 0.385. The molecule has 0 saturated heterocycles. The van der Waals surface area contributed by atoms with E-state index >= 15 is 0 Å². The lowest BCUT2D eigenvalue weighted by Gasteiger charge is -2.01. The summed E-state index contributed by atoms with van der Waals surface area (Å²) in [4.78, 5) is 3.37. The average Bonchev–Trinajstić information content (AvgIpc) is 2.49. The third-order valence-electron chi connectivity index (χ3n) is 2.74. The molecule has 0 saturated carbocycles. The maximum absolute atomic E-state index is 3.37. The third-order valence-corrected chi connectivity index (χ3v) is 2.74. The van der Waals surface area contributed by atoms with E-state index in [0.717, 1.165) is 0 Å². The number of nitrogens with one attached hydrogen (secondary N) is 1. The van der Waals surface area contributed by atoms with Crippen molar-refractivity contribution >= 4 is 10.9 Å². The number of hydrogen-bond donors (Lipinski definition) is 1. The van der Waals surface area contributed by atoms with Gasteiger partial charge in [-0.25, -0.2) is 0 Å². The molecule has 1 aromatic carbocycles. The molecule has 0 atom stereocenters. The van der Waals surface area contributed by atoms with Gasteiger partial charge in [0.15, 0.2) is 0 Å². The maximum Gasteiger partial charge on any atom is 0.0486 e. The second-order valence-corrected chi connectivity index (χ2v) is 4.07. The second kappa shape index (κ2) is 3.49. The number of fused-ring (bicyclic) bond motifs is 1. The molecule has 1 heteroatoms. The summed E-state index contributed by atoms with van der Waals surface area (Å²) >= 11 is 0. The predicted octanol–water partition coefficient (Wildman–Crippen LogP) is 3.74. The Morgan fingerprint density at radius 3 is 2.71 bits per heavy atom. The van der Waals surface area contributed by atoms with Gasteiger partial charge < -0.3 is 4.98 Å². The van der Waals surface area contributed by atoms with Crippen LogP contribution in [0.2, 0.25) is 0 Å². The van der Waals surface area contributed by atoms with E-state index in [-0.39, 0.29) is 0 Å². The Hall–Kier alpha value is -1.24. The normalized spacial score (nSPS) is 11.1. The van der Waals surface area contributed by atoms with Gasteiger partial charge >= 0.3 is 0 Å². The van der Waals surface area contributed by atoms with Gasteiger partial charge in [0.2, 0.25) is 0 Å². The van der Waals surface area contributed by atoms with E-state index in [9.17, 15) is 0 Å². The van der Waals surface area contributed by atoms with Crippen LogP contribution in [0.4, 0.5) is 0 Å². The lowest BCUT2D eigenvalue weighted by atomic mass is 10.0. The SMILES string of the molecule is CCCc1c[nH]c2c(C)cc(C)cc12. The summed E-state index contributed by atoms with van der Waals surface area (Å²) in [5, 5.41) is 1.41. The van der Waals surface area contributed by atoms with Gasteiger partial charge in [-0.3, -0.25) is 0 Å². The van der Waals surface area contributed by atoms with Crippen molar-refractivity contribution in [3.63, 3.8) is 0 Å². The first kappa shape index (κ1) is 9.32. The van der Waals surface area contributed by atoms with E-state index in [4.69, 9.17) is 0 Å². The highest BCUT2D eigenvalue weighted by molar-refractivity contribution is 5.86. The van der Waals surface area contributed by atoms with Crippen LogP contribution in [-0.4, -0.2) is 4.98 Å². The molecule has 0 aliphatic rings. The fourth-order valence-corrected chi connectivity index (χ4v) is 2.13. The second-order valence-electron chi connectivity index (χ2n) is 4.07. The molecule has 1 aromatic heterocycles. The lowest BCUT2D eigenvalue weighted by Crippen LogP contribution is -1.82. The fourth-order valence-electron chi connectivity index (χ4n) is 2.13. The van der Waals surface area contributed by atoms with Crippen LogP contribution in [0.3, 0.4) is 0 Å². The van der Waals surface area contributed by atoms with Gasteiger partial charge in [-0.05, 0) is 37.5 Å². The molecule has 0 bridgehead atoms. The summed E-state index contributed by atoms with van der Waals surface area (Å²) in [6.45, 7) is 6.55. The van der Waals surface area contributed by atoms with Crippen molar-refractivity contribution in [3.05, 3.63) is 35.0 Å². The lowest BCUT2D eigenvalue weighted by molar-refractivity contribution is 0.929. The quantitative estimate of drug-likeness (QED) is 0.737. The third kappa shape index (κ3) is 1.43. The van der Waals surface area contributed by atoms with Crippen LogP contribution < -0.4 is 0 Å². The van der Waals surface area contributed by atoms with E-state index in [1.807, 2.05) is 0 Å². The van der Waals surface area contributed by atoms with E-state index in [1.165, 1.54) is 40.4 Å². The molecule has 1 heterocycles. The van der Waals surface area contributed by atoms with Crippen molar-refractivity contribution < 1.29 is 0 Å². The molecule has 74 valence electrons. The van der Waals surface area contributed by atoms with E-state index < -0.39 is 0 Å². The zero-order chi connectivity index (χ0) is 10.1. The molecule has 0 spiro atoms. The van der Waals surface area contributed by atoms with Crippen molar-refractivity contribution in [1.29, 1.82) is 0 Å². The smallest absolute Gasteiger partial charge is 0.0486 e. The Kier molecular flexibility index (Phi) is 2.32. The monoisotopic (exact) mass is 187 g/mol. The summed E-state index contributed by atoms with van der Waals surface area (Å²) < 4.78 is 0. The zero-order valence-electron chi connectivity index (χ0n) is 9.15. The van der Waals surface area contributed by atoms with Crippen molar-refractivity contribution in [2.24, 2.45) is 0 Å². The van der Waals surface area contributed by atoms with Gasteiger partial charge in [0.05, 0.1) is 0 Å². The summed E-state index contributed by atoms with van der Waals surface area (Å²) in [6.07, 6.45) is 4.53. The standard InChI is InChI=1S/C13H17N/c1-4-5-11-8-14-13-10(3)6-9(2)7-12(11)13/h6-8,14H,4-5H2,1-3H3.